The third kappa shape index (κ3) is 4.71. The van der Waals surface area contributed by atoms with E-state index >= 15 is 0 Å². The summed E-state index contributed by atoms with van der Waals surface area (Å²) in [4.78, 5) is 28.0. The Hall–Kier alpha value is -4.65. The summed E-state index contributed by atoms with van der Waals surface area (Å²) < 4.78 is 42.9. The summed E-state index contributed by atoms with van der Waals surface area (Å²) in [6.45, 7) is 5.68. The van der Waals surface area contributed by atoms with Gasteiger partial charge in [-0.05, 0) is 85.0 Å². The van der Waals surface area contributed by atoms with E-state index in [1.807, 2.05) is 56.7 Å². The highest BCUT2D eigenvalue weighted by Gasteiger charge is 2.33. The van der Waals surface area contributed by atoms with E-state index in [1.165, 1.54) is 12.1 Å². The highest BCUT2D eigenvalue weighted by atomic mass is 19.4. The molecule has 0 aliphatic rings. The number of carbonyl (C=O) groups excluding carboxylic acids is 1. The molecule has 0 bridgehead atoms. The van der Waals surface area contributed by atoms with Crippen molar-refractivity contribution in [1.29, 1.82) is 0 Å². The Labute approximate surface area is 236 Å². The lowest BCUT2D eigenvalue weighted by Crippen LogP contribution is -2.16. The van der Waals surface area contributed by atoms with Crippen LogP contribution in [0, 0.1) is 13.8 Å². The fourth-order valence-electron chi connectivity index (χ4n) is 5.62. The molecule has 7 heteroatoms. The lowest BCUT2D eigenvalue weighted by Gasteiger charge is -2.25. The van der Waals surface area contributed by atoms with Crippen LogP contribution in [0.25, 0.3) is 39.0 Å². The molecule has 0 saturated carbocycles. The van der Waals surface area contributed by atoms with E-state index in [0.717, 1.165) is 34.6 Å². The summed E-state index contributed by atoms with van der Waals surface area (Å²) in [5.74, 6) is 0. The van der Waals surface area contributed by atoms with Crippen molar-refractivity contribution in [2.75, 3.05) is 11.9 Å². The van der Waals surface area contributed by atoms with Crippen LogP contribution in [-0.4, -0.2) is 17.9 Å². The number of allylic oxidation sites excluding steroid dienone is 1. The number of rotatable bonds is 5. The van der Waals surface area contributed by atoms with Crippen molar-refractivity contribution >= 4 is 45.5 Å². The van der Waals surface area contributed by atoms with E-state index in [4.69, 9.17) is 0 Å². The monoisotopic (exact) mass is 554 g/mol. The zero-order chi connectivity index (χ0) is 29.6. The van der Waals surface area contributed by atoms with Crippen LogP contribution in [-0.2, 0) is 13.2 Å². The van der Waals surface area contributed by atoms with Crippen molar-refractivity contribution in [3.8, 4) is 11.1 Å². The van der Waals surface area contributed by atoms with Gasteiger partial charge in [0.1, 0.15) is 0 Å². The molecule has 41 heavy (non-hydrogen) atoms. The Morgan fingerprint density at radius 3 is 2.27 bits per heavy atom. The molecule has 0 amide bonds. The van der Waals surface area contributed by atoms with E-state index in [0.29, 0.717) is 38.8 Å². The predicted molar refractivity (Wildman–Crippen MR) is 161 cm³/mol. The number of alkyl halides is 3. The summed E-state index contributed by atoms with van der Waals surface area (Å²) in [6.07, 6.45) is 0.106. The van der Waals surface area contributed by atoms with E-state index in [2.05, 4.69) is 0 Å². The maximum Gasteiger partial charge on any atom is 0.417 e. The standard InChI is InChI=1S/C34H29F3N2O2/c1-6-9-24-20(2)12-14-29-32(24)33(41)26-18-30(23(19-40)17-31(26)39(29)5)38(4)28-15-13-22(16-21(28)3)25-10-7-8-11-27(25)34(35,36)37/h6-19H,1-5H3/b9-6-. The van der Waals surface area contributed by atoms with Crippen LogP contribution in [0.15, 0.2) is 77.6 Å². The highest BCUT2D eigenvalue weighted by Crippen LogP contribution is 2.39. The summed E-state index contributed by atoms with van der Waals surface area (Å²) in [5, 5.41) is 1.08. The molecule has 1 aromatic heterocycles. The molecule has 0 aliphatic heterocycles. The van der Waals surface area contributed by atoms with Gasteiger partial charge in [0, 0.05) is 30.7 Å². The summed E-state index contributed by atoms with van der Waals surface area (Å²) in [7, 11) is 3.65. The number of hydrogen-bond donors (Lipinski definition) is 0. The molecule has 5 rings (SSSR count). The zero-order valence-electron chi connectivity index (χ0n) is 23.4. The molecule has 208 valence electrons. The molecule has 0 N–H and O–H groups in total. The second kappa shape index (κ2) is 10.4. The number of hydrogen-bond acceptors (Lipinski definition) is 3. The molecule has 0 atom stereocenters. The van der Waals surface area contributed by atoms with Crippen LogP contribution < -0.4 is 10.3 Å². The van der Waals surface area contributed by atoms with Crippen LogP contribution in [0.5, 0.6) is 0 Å². The van der Waals surface area contributed by atoms with Crippen LogP contribution >= 0.6 is 0 Å². The Morgan fingerprint density at radius 2 is 1.61 bits per heavy atom. The van der Waals surface area contributed by atoms with Gasteiger partial charge in [0.05, 0.1) is 27.7 Å². The molecule has 4 nitrogen and oxygen atoms in total. The van der Waals surface area contributed by atoms with E-state index in [1.54, 1.807) is 48.3 Å². The van der Waals surface area contributed by atoms with Gasteiger partial charge < -0.3 is 9.47 Å². The summed E-state index contributed by atoms with van der Waals surface area (Å²) in [5.41, 5.74) is 5.27. The number of aryl methyl sites for hydroxylation is 3. The maximum absolute atomic E-state index is 13.9. The predicted octanol–water partition coefficient (Wildman–Crippen LogP) is 8.61. The van der Waals surface area contributed by atoms with Gasteiger partial charge in [-0.15, -0.1) is 0 Å². The minimum Gasteiger partial charge on any atom is -0.344 e. The zero-order valence-corrected chi connectivity index (χ0v) is 23.4. The Morgan fingerprint density at radius 1 is 0.878 bits per heavy atom. The molecular formula is C34H29F3N2O2. The minimum atomic E-state index is -4.48. The molecule has 0 saturated heterocycles. The summed E-state index contributed by atoms with van der Waals surface area (Å²) in [6, 6.07) is 17.9. The number of aromatic nitrogens is 1. The normalized spacial score (nSPS) is 12.0. The first-order valence-electron chi connectivity index (χ1n) is 13.2. The van der Waals surface area contributed by atoms with Gasteiger partial charge in [-0.2, -0.15) is 13.2 Å². The van der Waals surface area contributed by atoms with Crippen molar-refractivity contribution in [3.63, 3.8) is 0 Å². The van der Waals surface area contributed by atoms with Gasteiger partial charge in [-0.25, -0.2) is 0 Å². The number of benzene rings is 4. The smallest absolute Gasteiger partial charge is 0.344 e. The second-order valence-corrected chi connectivity index (χ2v) is 10.2. The first-order valence-corrected chi connectivity index (χ1v) is 13.2. The number of fused-ring (bicyclic) bond motifs is 2. The molecule has 0 spiro atoms. The molecule has 5 aromatic rings. The van der Waals surface area contributed by atoms with E-state index in [9.17, 15) is 22.8 Å². The van der Waals surface area contributed by atoms with Gasteiger partial charge >= 0.3 is 6.18 Å². The van der Waals surface area contributed by atoms with E-state index < -0.39 is 11.7 Å². The molecule has 0 aliphatic carbocycles. The van der Waals surface area contributed by atoms with Crippen molar-refractivity contribution in [2.45, 2.75) is 26.9 Å². The van der Waals surface area contributed by atoms with Crippen molar-refractivity contribution < 1.29 is 18.0 Å². The van der Waals surface area contributed by atoms with Crippen molar-refractivity contribution in [3.05, 3.63) is 111 Å². The second-order valence-electron chi connectivity index (χ2n) is 10.2. The molecule has 0 radical (unpaired) electrons. The fourth-order valence-corrected chi connectivity index (χ4v) is 5.62. The quantitative estimate of drug-likeness (QED) is 0.161. The molecule has 4 aromatic carbocycles. The topological polar surface area (TPSA) is 42.3 Å². The van der Waals surface area contributed by atoms with Gasteiger partial charge in [-0.3, -0.25) is 9.59 Å². The number of nitrogens with zero attached hydrogens (tertiary/aromatic N) is 2. The lowest BCUT2D eigenvalue weighted by molar-refractivity contribution is -0.137. The Balaban J connectivity index is 1.69. The Bertz CT molecular complexity index is 1930. The first-order chi connectivity index (χ1) is 19.5. The third-order valence-corrected chi connectivity index (χ3v) is 7.70. The lowest BCUT2D eigenvalue weighted by atomic mass is 9.96. The Kier molecular flexibility index (Phi) is 7.07. The van der Waals surface area contributed by atoms with Crippen LogP contribution in [0.2, 0.25) is 0 Å². The van der Waals surface area contributed by atoms with E-state index in [-0.39, 0.29) is 11.0 Å². The third-order valence-electron chi connectivity index (χ3n) is 7.70. The minimum absolute atomic E-state index is 0.0965. The number of aldehydes is 1. The SMILES string of the molecule is C/C=C\c1c(C)ccc2c1c(=O)c1cc(N(C)c3ccc(-c4ccccc4C(F)(F)F)cc3C)c(C=O)cc1n2C. The maximum atomic E-state index is 13.9. The number of halogens is 3. The molecule has 1 heterocycles. The van der Waals surface area contributed by atoms with Crippen molar-refractivity contribution in [2.24, 2.45) is 7.05 Å². The van der Waals surface area contributed by atoms with Crippen molar-refractivity contribution in [1.82, 2.24) is 4.57 Å². The largest absolute Gasteiger partial charge is 0.417 e. The summed E-state index contributed by atoms with van der Waals surface area (Å²) >= 11 is 0. The van der Waals surface area contributed by atoms with Gasteiger partial charge in [0.15, 0.2) is 11.7 Å². The highest BCUT2D eigenvalue weighted by molar-refractivity contribution is 6.02. The van der Waals surface area contributed by atoms with Gasteiger partial charge in [0.25, 0.3) is 0 Å². The number of anilines is 2. The van der Waals surface area contributed by atoms with Crippen LogP contribution in [0.1, 0.15) is 39.5 Å². The van der Waals surface area contributed by atoms with Gasteiger partial charge in [-0.1, -0.05) is 42.5 Å². The van der Waals surface area contributed by atoms with Crippen LogP contribution in [0.4, 0.5) is 24.5 Å². The number of carbonyl (C=O) groups is 1. The average molecular weight is 555 g/mol. The fraction of sp³-hybridized carbons (Fsp3) is 0.176. The van der Waals surface area contributed by atoms with Crippen LogP contribution in [0.3, 0.4) is 0 Å². The first kappa shape index (κ1) is 27.9. The van der Waals surface area contributed by atoms with Gasteiger partial charge in [0.2, 0.25) is 0 Å². The molecule has 0 fully saturated rings. The average Bonchev–Trinajstić information content (AvgIpc) is 2.95. The molecular weight excluding hydrogens is 525 g/mol. The number of pyridine rings is 1. The molecule has 0 unspecified atom stereocenters.